The van der Waals surface area contributed by atoms with Crippen LogP contribution >= 0.6 is 0 Å². The number of hydrogen-bond donors (Lipinski definition) is 0. The van der Waals surface area contributed by atoms with Gasteiger partial charge in [0.1, 0.15) is 17.6 Å². The molecule has 6 nitrogen and oxygen atoms in total. The number of ketones is 3. The van der Waals surface area contributed by atoms with Gasteiger partial charge in [0, 0.05) is 6.42 Å². The van der Waals surface area contributed by atoms with Crippen molar-refractivity contribution in [2.24, 2.45) is 17.3 Å². The van der Waals surface area contributed by atoms with Crippen molar-refractivity contribution in [3.63, 3.8) is 0 Å². The Morgan fingerprint density at radius 3 is 2.61 bits per heavy atom. The van der Waals surface area contributed by atoms with Crippen molar-refractivity contribution >= 4 is 29.4 Å². The van der Waals surface area contributed by atoms with Crippen LogP contribution in [0.1, 0.15) is 26.0 Å². The smallest absolute Gasteiger partial charge is 0.316 e. The molecule has 0 radical (unpaired) electrons. The third kappa shape index (κ3) is 3.31. The van der Waals surface area contributed by atoms with E-state index < -0.39 is 40.6 Å². The Labute approximate surface area is 133 Å². The minimum absolute atomic E-state index is 0.0382. The molecule has 0 aromatic carbocycles. The van der Waals surface area contributed by atoms with Crippen molar-refractivity contribution in [1.29, 1.82) is 0 Å². The number of hydrogen-bond acceptors (Lipinski definition) is 6. The van der Waals surface area contributed by atoms with Gasteiger partial charge in [0.2, 0.25) is 0 Å². The first-order valence-electron chi connectivity index (χ1n) is 7.17. The zero-order valence-corrected chi connectivity index (χ0v) is 13.2. The van der Waals surface area contributed by atoms with Gasteiger partial charge in [0.05, 0.1) is 13.4 Å². The Morgan fingerprint density at radius 2 is 2.04 bits per heavy atom. The zero-order chi connectivity index (χ0) is 17.2. The van der Waals surface area contributed by atoms with Crippen LogP contribution in [0, 0.1) is 17.3 Å². The van der Waals surface area contributed by atoms with E-state index >= 15 is 0 Å². The highest BCUT2D eigenvalue weighted by atomic mass is 16.5. The molecule has 1 fully saturated rings. The van der Waals surface area contributed by atoms with E-state index in [4.69, 9.17) is 4.42 Å². The second-order valence-corrected chi connectivity index (χ2v) is 6.17. The number of carbonyl (C=O) groups excluding carboxylic acids is 4. The van der Waals surface area contributed by atoms with Gasteiger partial charge in [0.25, 0.3) is 0 Å². The SMILES string of the molecule is COC(=O)[C@H]1C(=O)[C@@H](C(=O)/C=C/c2ccco2)C(=O)CC1(C)C. The van der Waals surface area contributed by atoms with Crippen LogP contribution in [-0.4, -0.2) is 30.4 Å². The molecule has 1 saturated carbocycles. The van der Waals surface area contributed by atoms with Gasteiger partial charge in [-0.05, 0) is 29.7 Å². The van der Waals surface area contributed by atoms with Gasteiger partial charge in [-0.1, -0.05) is 13.8 Å². The number of ether oxygens (including phenoxy) is 1. The molecule has 1 aliphatic rings. The lowest BCUT2D eigenvalue weighted by Gasteiger charge is -2.37. The highest BCUT2D eigenvalue weighted by Crippen LogP contribution is 2.40. The lowest BCUT2D eigenvalue weighted by atomic mass is 9.63. The molecule has 1 aromatic heterocycles. The van der Waals surface area contributed by atoms with Crippen LogP contribution in [0.4, 0.5) is 0 Å². The van der Waals surface area contributed by atoms with Crippen LogP contribution in [0.5, 0.6) is 0 Å². The van der Waals surface area contributed by atoms with Crippen molar-refractivity contribution in [3.05, 3.63) is 30.2 Å². The van der Waals surface area contributed by atoms with Gasteiger partial charge in [0.15, 0.2) is 17.3 Å². The van der Waals surface area contributed by atoms with Crippen LogP contribution in [-0.2, 0) is 23.9 Å². The van der Waals surface area contributed by atoms with Gasteiger partial charge in [-0.25, -0.2) is 0 Å². The number of furan rings is 1. The average molecular weight is 318 g/mol. The molecule has 0 saturated heterocycles. The summed E-state index contributed by atoms with van der Waals surface area (Å²) in [7, 11) is 1.18. The van der Waals surface area contributed by atoms with E-state index in [2.05, 4.69) is 4.74 Å². The first kappa shape index (κ1) is 16.9. The summed E-state index contributed by atoms with van der Waals surface area (Å²) in [5, 5.41) is 0. The lowest BCUT2D eigenvalue weighted by Crippen LogP contribution is -2.51. The number of carbonyl (C=O) groups is 4. The predicted octanol–water partition coefficient (Wildman–Crippen LogP) is 1.84. The fourth-order valence-electron chi connectivity index (χ4n) is 2.86. The molecular weight excluding hydrogens is 300 g/mol. The molecule has 0 amide bonds. The quantitative estimate of drug-likeness (QED) is 0.478. The summed E-state index contributed by atoms with van der Waals surface area (Å²) >= 11 is 0. The number of Topliss-reactive ketones (excluding diaryl/α,β-unsaturated/α-hetero) is 2. The van der Waals surface area contributed by atoms with E-state index in [0.717, 1.165) is 6.08 Å². The molecule has 6 heteroatoms. The Balaban J connectivity index is 2.27. The second kappa shape index (κ2) is 6.32. The molecular formula is C17H18O6. The molecule has 2 atom stereocenters. The fraction of sp³-hybridized carbons (Fsp3) is 0.412. The van der Waals surface area contributed by atoms with Crippen LogP contribution in [0.25, 0.3) is 6.08 Å². The molecule has 2 rings (SSSR count). The Hall–Kier alpha value is -2.50. The molecule has 23 heavy (non-hydrogen) atoms. The molecule has 0 bridgehead atoms. The Kier molecular flexibility index (Phi) is 4.63. The summed E-state index contributed by atoms with van der Waals surface area (Å²) in [4.78, 5) is 49.0. The third-order valence-electron chi connectivity index (χ3n) is 3.98. The van der Waals surface area contributed by atoms with E-state index in [1.165, 1.54) is 19.4 Å². The maximum absolute atomic E-state index is 12.6. The molecule has 0 unspecified atom stereocenters. The van der Waals surface area contributed by atoms with E-state index in [1.807, 2.05) is 0 Å². The van der Waals surface area contributed by atoms with Crippen molar-refractivity contribution < 1.29 is 28.3 Å². The van der Waals surface area contributed by atoms with Crippen LogP contribution in [0.2, 0.25) is 0 Å². The summed E-state index contributed by atoms with van der Waals surface area (Å²) in [5.41, 5.74) is -0.872. The van der Waals surface area contributed by atoms with E-state index in [1.54, 1.807) is 26.0 Å². The van der Waals surface area contributed by atoms with Gasteiger partial charge in [-0.15, -0.1) is 0 Å². The lowest BCUT2D eigenvalue weighted by molar-refractivity contribution is -0.161. The number of allylic oxidation sites excluding steroid dienone is 1. The second-order valence-electron chi connectivity index (χ2n) is 6.17. The Bertz CT molecular complexity index is 665. The number of esters is 1. The van der Waals surface area contributed by atoms with Gasteiger partial charge < -0.3 is 9.15 Å². The molecule has 1 aromatic rings. The normalized spacial score (nSPS) is 24.0. The topological polar surface area (TPSA) is 90.7 Å². The third-order valence-corrected chi connectivity index (χ3v) is 3.98. The maximum atomic E-state index is 12.6. The molecule has 0 spiro atoms. The number of methoxy groups -OCH3 is 1. The largest absolute Gasteiger partial charge is 0.468 e. The minimum atomic E-state index is -1.46. The van der Waals surface area contributed by atoms with Crippen LogP contribution in [0.3, 0.4) is 0 Å². The molecule has 1 aliphatic carbocycles. The van der Waals surface area contributed by atoms with Crippen molar-refractivity contribution in [3.8, 4) is 0 Å². The average Bonchev–Trinajstić information content (AvgIpc) is 2.96. The molecule has 0 aliphatic heterocycles. The zero-order valence-electron chi connectivity index (χ0n) is 13.2. The monoisotopic (exact) mass is 318 g/mol. The highest BCUT2D eigenvalue weighted by Gasteiger charge is 2.53. The summed E-state index contributed by atoms with van der Waals surface area (Å²) in [6.07, 6.45) is 3.92. The molecule has 0 N–H and O–H groups in total. The van der Waals surface area contributed by atoms with Crippen molar-refractivity contribution in [2.75, 3.05) is 7.11 Å². The standard InChI is InChI=1S/C17H18O6/c1-17(2)9-12(19)13(15(20)14(17)16(21)22-3)11(18)7-6-10-5-4-8-23-10/h4-8,13-14H,9H2,1-3H3/b7-6+/t13-,14+/m0/s1. The summed E-state index contributed by atoms with van der Waals surface area (Å²) in [6.45, 7) is 3.29. The summed E-state index contributed by atoms with van der Waals surface area (Å²) in [6, 6.07) is 3.28. The Morgan fingerprint density at radius 1 is 1.35 bits per heavy atom. The van der Waals surface area contributed by atoms with Gasteiger partial charge in [-0.3, -0.25) is 19.2 Å². The van der Waals surface area contributed by atoms with E-state index in [0.29, 0.717) is 5.76 Å². The maximum Gasteiger partial charge on any atom is 0.316 e. The van der Waals surface area contributed by atoms with Crippen molar-refractivity contribution in [2.45, 2.75) is 20.3 Å². The fourth-order valence-corrected chi connectivity index (χ4v) is 2.86. The molecule has 122 valence electrons. The minimum Gasteiger partial charge on any atom is -0.468 e. The number of rotatable bonds is 4. The summed E-state index contributed by atoms with van der Waals surface area (Å²) < 4.78 is 9.71. The summed E-state index contributed by atoms with van der Waals surface area (Å²) in [5.74, 6) is -4.71. The first-order valence-corrected chi connectivity index (χ1v) is 7.17. The predicted molar refractivity (Wildman–Crippen MR) is 80.2 cm³/mol. The van der Waals surface area contributed by atoms with Crippen LogP contribution < -0.4 is 0 Å². The van der Waals surface area contributed by atoms with Gasteiger partial charge in [-0.2, -0.15) is 0 Å². The highest BCUT2D eigenvalue weighted by molar-refractivity contribution is 6.27. The van der Waals surface area contributed by atoms with Gasteiger partial charge >= 0.3 is 5.97 Å². The van der Waals surface area contributed by atoms with E-state index in [9.17, 15) is 19.2 Å². The van der Waals surface area contributed by atoms with Crippen LogP contribution in [0.15, 0.2) is 28.9 Å². The van der Waals surface area contributed by atoms with E-state index in [-0.39, 0.29) is 6.42 Å². The van der Waals surface area contributed by atoms with Crippen molar-refractivity contribution in [1.82, 2.24) is 0 Å². The first-order chi connectivity index (χ1) is 10.8. The molecule has 1 heterocycles.